The van der Waals surface area contributed by atoms with E-state index in [-0.39, 0.29) is 12.5 Å². The first-order valence-electron chi connectivity index (χ1n) is 8.79. The number of amides is 1. The minimum Gasteiger partial charge on any atom is -0.484 e. The molecule has 0 radical (unpaired) electrons. The molecular formula is C19H21N5O3. The Hall–Kier alpha value is -3.13. The fourth-order valence-electron chi connectivity index (χ4n) is 3.16. The number of benzene rings is 1. The second-order valence-electron chi connectivity index (χ2n) is 6.50. The zero-order chi connectivity index (χ0) is 18.8. The van der Waals surface area contributed by atoms with Crippen LogP contribution in [0.25, 0.3) is 0 Å². The molecule has 1 aromatic carbocycles. The van der Waals surface area contributed by atoms with E-state index in [1.54, 1.807) is 21.9 Å². The van der Waals surface area contributed by atoms with Crippen molar-refractivity contribution in [2.75, 3.05) is 13.2 Å². The summed E-state index contributed by atoms with van der Waals surface area (Å²) in [7, 11) is 1.83. The highest BCUT2D eigenvalue weighted by Gasteiger charge is 2.25. The topological polar surface area (TPSA) is 85.4 Å². The molecule has 2 aromatic heterocycles. The largest absolute Gasteiger partial charge is 0.484 e. The number of rotatable bonds is 5. The Morgan fingerprint density at radius 2 is 2.11 bits per heavy atom. The standard InChI is InChI=1S/C19H21N5O3/c1-22-8-7-20-19(22)18(26)16-11-14-12-23(9-10-24(14)21-16)17(25)13-27-15-5-3-2-4-6-15/h2-8,11,18,26H,9-10,12-13H2,1H3. The molecule has 4 rings (SSSR count). The monoisotopic (exact) mass is 367 g/mol. The van der Waals surface area contributed by atoms with E-state index in [2.05, 4.69) is 10.1 Å². The van der Waals surface area contributed by atoms with Crippen molar-refractivity contribution >= 4 is 5.91 Å². The van der Waals surface area contributed by atoms with Gasteiger partial charge in [-0.05, 0) is 18.2 Å². The van der Waals surface area contributed by atoms with Crippen LogP contribution in [0, 0.1) is 0 Å². The summed E-state index contributed by atoms with van der Waals surface area (Å²) in [6.07, 6.45) is 2.53. The van der Waals surface area contributed by atoms with Crippen molar-refractivity contribution in [2.24, 2.45) is 7.05 Å². The normalized spacial score (nSPS) is 14.7. The molecule has 0 aliphatic carbocycles. The number of para-hydroxylation sites is 1. The summed E-state index contributed by atoms with van der Waals surface area (Å²) in [6, 6.07) is 11.1. The number of aliphatic hydroxyl groups is 1. The Bertz CT molecular complexity index is 934. The van der Waals surface area contributed by atoms with Crippen LogP contribution in [0.15, 0.2) is 48.8 Å². The van der Waals surface area contributed by atoms with E-state index in [0.717, 1.165) is 5.69 Å². The van der Waals surface area contributed by atoms with E-state index in [1.807, 2.05) is 48.1 Å². The van der Waals surface area contributed by atoms with E-state index < -0.39 is 6.10 Å². The quantitative estimate of drug-likeness (QED) is 0.730. The first-order chi connectivity index (χ1) is 13.1. The van der Waals surface area contributed by atoms with Crippen LogP contribution in [0.1, 0.15) is 23.3 Å². The predicted molar refractivity (Wildman–Crippen MR) is 96.9 cm³/mol. The highest BCUT2D eigenvalue weighted by molar-refractivity contribution is 5.77. The molecule has 3 aromatic rings. The number of carbonyl (C=O) groups is 1. The molecule has 140 valence electrons. The third-order valence-corrected chi connectivity index (χ3v) is 4.66. The van der Waals surface area contributed by atoms with Crippen molar-refractivity contribution in [2.45, 2.75) is 19.2 Å². The number of ether oxygens (including phenoxy) is 1. The zero-order valence-electron chi connectivity index (χ0n) is 15.0. The molecule has 1 N–H and O–H groups in total. The van der Waals surface area contributed by atoms with Gasteiger partial charge in [0, 0.05) is 26.0 Å². The summed E-state index contributed by atoms with van der Waals surface area (Å²) in [6.45, 7) is 1.58. The van der Waals surface area contributed by atoms with E-state index in [4.69, 9.17) is 4.74 Å². The third kappa shape index (κ3) is 3.56. The fourth-order valence-corrected chi connectivity index (χ4v) is 3.16. The molecule has 0 spiro atoms. The van der Waals surface area contributed by atoms with E-state index in [0.29, 0.717) is 36.9 Å². The smallest absolute Gasteiger partial charge is 0.260 e. The second-order valence-corrected chi connectivity index (χ2v) is 6.50. The van der Waals surface area contributed by atoms with Crippen LogP contribution in [-0.2, 0) is 24.9 Å². The van der Waals surface area contributed by atoms with Gasteiger partial charge in [-0.25, -0.2) is 4.98 Å². The van der Waals surface area contributed by atoms with Crippen molar-refractivity contribution in [3.05, 3.63) is 66.0 Å². The van der Waals surface area contributed by atoms with Gasteiger partial charge in [0.05, 0.1) is 24.5 Å². The molecule has 1 unspecified atom stereocenters. The Morgan fingerprint density at radius 3 is 2.85 bits per heavy atom. The number of nitrogens with zero attached hydrogens (tertiary/aromatic N) is 5. The average Bonchev–Trinajstić information content (AvgIpc) is 3.31. The highest BCUT2D eigenvalue weighted by atomic mass is 16.5. The van der Waals surface area contributed by atoms with Crippen molar-refractivity contribution in [1.29, 1.82) is 0 Å². The lowest BCUT2D eigenvalue weighted by atomic mass is 10.2. The molecule has 3 heterocycles. The van der Waals surface area contributed by atoms with Crippen LogP contribution in [-0.4, -0.2) is 48.4 Å². The van der Waals surface area contributed by atoms with Gasteiger partial charge in [0.2, 0.25) is 0 Å². The molecule has 1 aliphatic heterocycles. The lowest BCUT2D eigenvalue weighted by Gasteiger charge is -2.27. The summed E-state index contributed by atoms with van der Waals surface area (Å²) in [5, 5.41) is 15.0. The van der Waals surface area contributed by atoms with Gasteiger partial charge >= 0.3 is 0 Å². The van der Waals surface area contributed by atoms with Gasteiger partial charge in [-0.15, -0.1) is 0 Å². The van der Waals surface area contributed by atoms with Crippen LogP contribution < -0.4 is 4.74 Å². The lowest BCUT2D eigenvalue weighted by Crippen LogP contribution is -2.40. The minimum absolute atomic E-state index is 0.000896. The van der Waals surface area contributed by atoms with Gasteiger partial charge in [-0.1, -0.05) is 18.2 Å². The first-order valence-corrected chi connectivity index (χ1v) is 8.79. The lowest BCUT2D eigenvalue weighted by molar-refractivity contribution is -0.134. The second kappa shape index (κ2) is 7.24. The number of imidazole rings is 1. The number of aromatic nitrogens is 4. The number of hydrogen-bond donors (Lipinski definition) is 1. The van der Waals surface area contributed by atoms with Gasteiger partial charge < -0.3 is 19.3 Å². The summed E-state index contributed by atoms with van der Waals surface area (Å²) < 4.78 is 9.15. The molecule has 1 atom stereocenters. The molecule has 0 saturated heterocycles. The third-order valence-electron chi connectivity index (χ3n) is 4.66. The van der Waals surface area contributed by atoms with Crippen LogP contribution in [0.4, 0.5) is 0 Å². The summed E-state index contributed by atoms with van der Waals surface area (Å²) in [4.78, 5) is 18.4. The van der Waals surface area contributed by atoms with Gasteiger partial charge in [0.15, 0.2) is 12.7 Å². The van der Waals surface area contributed by atoms with Crippen molar-refractivity contribution in [3.63, 3.8) is 0 Å². The molecule has 0 saturated carbocycles. The SMILES string of the molecule is Cn1ccnc1C(O)c1cc2n(n1)CCN(C(=O)COc1ccccc1)C2. The molecular weight excluding hydrogens is 346 g/mol. The van der Waals surface area contributed by atoms with Gasteiger partial charge in [-0.2, -0.15) is 5.10 Å². The summed E-state index contributed by atoms with van der Waals surface area (Å²) in [5.74, 6) is 1.14. The number of hydrogen-bond acceptors (Lipinski definition) is 5. The first kappa shape index (κ1) is 17.3. The molecule has 0 fully saturated rings. The van der Waals surface area contributed by atoms with E-state index in [1.165, 1.54) is 0 Å². The highest BCUT2D eigenvalue weighted by Crippen LogP contribution is 2.22. The van der Waals surface area contributed by atoms with Crippen LogP contribution in [0.3, 0.4) is 0 Å². The van der Waals surface area contributed by atoms with Crippen LogP contribution in [0.2, 0.25) is 0 Å². The van der Waals surface area contributed by atoms with Crippen LogP contribution in [0.5, 0.6) is 5.75 Å². The van der Waals surface area contributed by atoms with E-state index >= 15 is 0 Å². The predicted octanol–water partition coefficient (Wildman–Crippen LogP) is 1.12. The molecule has 27 heavy (non-hydrogen) atoms. The van der Waals surface area contributed by atoms with Gasteiger partial charge in [0.1, 0.15) is 11.6 Å². The maximum atomic E-state index is 12.5. The number of fused-ring (bicyclic) bond motifs is 1. The van der Waals surface area contributed by atoms with Gasteiger partial charge in [0.25, 0.3) is 5.91 Å². The number of carbonyl (C=O) groups excluding carboxylic acids is 1. The molecule has 8 nitrogen and oxygen atoms in total. The van der Waals surface area contributed by atoms with Crippen LogP contribution >= 0.6 is 0 Å². The number of aryl methyl sites for hydroxylation is 1. The van der Waals surface area contributed by atoms with Crippen molar-refractivity contribution in [3.8, 4) is 5.75 Å². The Kier molecular flexibility index (Phi) is 4.64. The summed E-state index contributed by atoms with van der Waals surface area (Å²) >= 11 is 0. The average molecular weight is 367 g/mol. The molecule has 1 amide bonds. The maximum Gasteiger partial charge on any atom is 0.260 e. The maximum absolute atomic E-state index is 12.5. The Labute approximate surface area is 156 Å². The van der Waals surface area contributed by atoms with Gasteiger partial charge in [-0.3, -0.25) is 9.48 Å². The minimum atomic E-state index is -0.895. The van der Waals surface area contributed by atoms with E-state index in [9.17, 15) is 9.90 Å². The molecule has 1 aliphatic rings. The summed E-state index contributed by atoms with van der Waals surface area (Å²) in [5.41, 5.74) is 1.42. The Morgan fingerprint density at radius 1 is 1.30 bits per heavy atom. The molecule has 0 bridgehead atoms. The zero-order valence-corrected chi connectivity index (χ0v) is 15.0. The molecule has 8 heteroatoms. The van der Waals surface area contributed by atoms with Crippen molar-refractivity contribution in [1.82, 2.24) is 24.2 Å². The fraction of sp³-hybridized carbons (Fsp3) is 0.316. The Balaban J connectivity index is 1.42. The number of aliphatic hydroxyl groups excluding tert-OH is 1. The van der Waals surface area contributed by atoms with Crippen molar-refractivity contribution < 1.29 is 14.6 Å².